The van der Waals surface area contributed by atoms with Gasteiger partial charge in [0.25, 0.3) is 0 Å². The third-order valence-electron chi connectivity index (χ3n) is 2.20. The summed E-state index contributed by atoms with van der Waals surface area (Å²) in [6, 6.07) is 14.8. The maximum atomic E-state index is 6.01. The van der Waals surface area contributed by atoms with Crippen LogP contribution in [0.3, 0.4) is 0 Å². The SMILES string of the molecule is CCOc1ccc(Oc2ccccc2Cl)cc1. The molecule has 0 aliphatic heterocycles. The van der Waals surface area contributed by atoms with Crippen LogP contribution in [0, 0.1) is 0 Å². The Balaban J connectivity index is 2.11. The lowest BCUT2D eigenvalue weighted by molar-refractivity contribution is 0.339. The second kappa shape index (κ2) is 5.60. The zero-order valence-corrected chi connectivity index (χ0v) is 10.3. The molecule has 0 saturated carbocycles. The predicted octanol–water partition coefficient (Wildman–Crippen LogP) is 4.53. The van der Waals surface area contributed by atoms with Crippen LogP contribution in [0.25, 0.3) is 0 Å². The highest BCUT2D eigenvalue weighted by atomic mass is 35.5. The van der Waals surface area contributed by atoms with Gasteiger partial charge >= 0.3 is 0 Å². The molecule has 0 aliphatic rings. The van der Waals surface area contributed by atoms with Crippen molar-refractivity contribution >= 4 is 11.6 Å². The molecule has 17 heavy (non-hydrogen) atoms. The Morgan fingerprint density at radius 2 is 1.59 bits per heavy atom. The number of halogens is 1. The van der Waals surface area contributed by atoms with Crippen LogP contribution in [0.5, 0.6) is 17.2 Å². The summed E-state index contributed by atoms with van der Waals surface area (Å²) in [4.78, 5) is 0. The molecule has 0 aliphatic carbocycles. The highest BCUT2D eigenvalue weighted by Crippen LogP contribution is 2.29. The van der Waals surface area contributed by atoms with Crippen molar-refractivity contribution in [1.82, 2.24) is 0 Å². The third kappa shape index (κ3) is 3.14. The lowest BCUT2D eigenvalue weighted by atomic mass is 10.3. The minimum Gasteiger partial charge on any atom is -0.494 e. The van der Waals surface area contributed by atoms with Gasteiger partial charge in [-0.15, -0.1) is 0 Å². The van der Waals surface area contributed by atoms with E-state index in [4.69, 9.17) is 21.1 Å². The van der Waals surface area contributed by atoms with Crippen LogP contribution >= 0.6 is 11.6 Å². The molecule has 0 fully saturated rings. The summed E-state index contributed by atoms with van der Waals surface area (Å²) < 4.78 is 11.0. The fraction of sp³-hybridized carbons (Fsp3) is 0.143. The Bertz CT molecular complexity index is 480. The average Bonchev–Trinajstić information content (AvgIpc) is 2.35. The molecular weight excluding hydrogens is 236 g/mol. The van der Waals surface area contributed by atoms with Gasteiger partial charge in [-0.05, 0) is 43.3 Å². The van der Waals surface area contributed by atoms with Crippen LogP contribution in [-0.2, 0) is 0 Å². The molecule has 0 bridgehead atoms. The summed E-state index contributed by atoms with van der Waals surface area (Å²) in [6.45, 7) is 2.61. The van der Waals surface area contributed by atoms with E-state index in [1.165, 1.54) is 0 Å². The average molecular weight is 249 g/mol. The molecular formula is C14H13ClO2. The van der Waals surface area contributed by atoms with Crippen molar-refractivity contribution in [2.24, 2.45) is 0 Å². The molecule has 0 radical (unpaired) electrons. The molecule has 0 amide bonds. The van der Waals surface area contributed by atoms with Crippen LogP contribution in [0.4, 0.5) is 0 Å². The first-order chi connectivity index (χ1) is 8.29. The van der Waals surface area contributed by atoms with Crippen molar-refractivity contribution in [3.8, 4) is 17.2 Å². The Hall–Kier alpha value is -1.67. The van der Waals surface area contributed by atoms with E-state index in [1.54, 1.807) is 6.07 Å². The number of ether oxygens (including phenoxy) is 2. The molecule has 88 valence electrons. The lowest BCUT2D eigenvalue weighted by Gasteiger charge is -2.08. The Labute approximate surface area is 106 Å². The zero-order valence-electron chi connectivity index (χ0n) is 9.52. The van der Waals surface area contributed by atoms with E-state index in [-0.39, 0.29) is 0 Å². The van der Waals surface area contributed by atoms with Gasteiger partial charge in [-0.25, -0.2) is 0 Å². The molecule has 0 atom stereocenters. The van der Waals surface area contributed by atoms with E-state index < -0.39 is 0 Å². The molecule has 0 aromatic heterocycles. The molecule has 0 heterocycles. The highest BCUT2D eigenvalue weighted by molar-refractivity contribution is 6.32. The van der Waals surface area contributed by atoms with Crippen molar-refractivity contribution in [3.05, 3.63) is 53.6 Å². The summed E-state index contributed by atoms with van der Waals surface area (Å²) in [5.41, 5.74) is 0. The van der Waals surface area contributed by atoms with Crippen molar-refractivity contribution in [3.63, 3.8) is 0 Å². The standard InChI is InChI=1S/C14H13ClO2/c1-2-16-11-7-9-12(10-8-11)17-14-6-4-3-5-13(14)15/h3-10H,2H2,1H3. The first kappa shape index (κ1) is 11.8. The van der Waals surface area contributed by atoms with Gasteiger partial charge in [0.1, 0.15) is 17.2 Å². The third-order valence-corrected chi connectivity index (χ3v) is 2.51. The summed E-state index contributed by atoms with van der Waals surface area (Å²) in [5.74, 6) is 2.22. The Kier molecular flexibility index (Phi) is 3.89. The van der Waals surface area contributed by atoms with Crippen LogP contribution in [0.2, 0.25) is 5.02 Å². The second-order valence-corrected chi connectivity index (χ2v) is 3.84. The number of rotatable bonds is 4. The van der Waals surface area contributed by atoms with Gasteiger partial charge in [0.15, 0.2) is 0 Å². The maximum Gasteiger partial charge on any atom is 0.146 e. The number of hydrogen-bond acceptors (Lipinski definition) is 2. The van der Waals surface area contributed by atoms with Crippen molar-refractivity contribution in [2.75, 3.05) is 6.61 Å². The quantitative estimate of drug-likeness (QED) is 0.791. The van der Waals surface area contributed by atoms with Gasteiger partial charge in [0.05, 0.1) is 11.6 Å². The van der Waals surface area contributed by atoms with Crippen LogP contribution in [0.15, 0.2) is 48.5 Å². The number of hydrogen-bond donors (Lipinski definition) is 0. The molecule has 0 spiro atoms. The minimum atomic E-state index is 0.599. The van der Waals surface area contributed by atoms with Crippen molar-refractivity contribution in [1.29, 1.82) is 0 Å². The number of para-hydroxylation sites is 1. The van der Waals surface area contributed by atoms with Gasteiger partial charge in [0.2, 0.25) is 0 Å². The van der Waals surface area contributed by atoms with Gasteiger partial charge in [-0.2, -0.15) is 0 Å². The number of benzene rings is 2. The molecule has 2 aromatic carbocycles. The summed E-state index contributed by atoms with van der Waals surface area (Å²) in [5, 5.41) is 0.599. The van der Waals surface area contributed by atoms with E-state index in [1.807, 2.05) is 49.4 Å². The van der Waals surface area contributed by atoms with Crippen LogP contribution < -0.4 is 9.47 Å². The second-order valence-electron chi connectivity index (χ2n) is 3.44. The minimum absolute atomic E-state index is 0.599. The lowest BCUT2D eigenvalue weighted by Crippen LogP contribution is -1.91. The first-order valence-corrected chi connectivity index (χ1v) is 5.82. The van der Waals surface area contributed by atoms with Crippen molar-refractivity contribution in [2.45, 2.75) is 6.92 Å². The first-order valence-electron chi connectivity index (χ1n) is 5.45. The fourth-order valence-electron chi connectivity index (χ4n) is 1.43. The molecule has 0 saturated heterocycles. The molecule has 2 rings (SSSR count). The van der Waals surface area contributed by atoms with Gasteiger partial charge in [-0.1, -0.05) is 23.7 Å². The smallest absolute Gasteiger partial charge is 0.146 e. The maximum absolute atomic E-state index is 6.01. The van der Waals surface area contributed by atoms with Crippen molar-refractivity contribution < 1.29 is 9.47 Å². The monoisotopic (exact) mass is 248 g/mol. The summed E-state index contributed by atoms with van der Waals surface area (Å²) in [6.07, 6.45) is 0. The summed E-state index contributed by atoms with van der Waals surface area (Å²) >= 11 is 6.01. The van der Waals surface area contributed by atoms with E-state index in [9.17, 15) is 0 Å². The molecule has 3 heteroatoms. The van der Waals surface area contributed by atoms with Crippen LogP contribution in [-0.4, -0.2) is 6.61 Å². The Morgan fingerprint density at radius 1 is 0.941 bits per heavy atom. The molecule has 0 unspecified atom stereocenters. The predicted molar refractivity (Wildman–Crippen MR) is 69.1 cm³/mol. The largest absolute Gasteiger partial charge is 0.494 e. The van der Waals surface area contributed by atoms with E-state index >= 15 is 0 Å². The van der Waals surface area contributed by atoms with Gasteiger partial charge in [-0.3, -0.25) is 0 Å². The summed E-state index contributed by atoms with van der Waals surface area (Å²) in [7, 11) is 0. The van der Waals surface area contributed by atoms with Gasteiger partial charge < -0.3 is 9.47 Å². The van der Waals surface area contributed by atoms with E-state index in [0.717, 1.165) is 11.5 Å². The van der Waals surface area contributed by atoms with E-state index in [0.29, 0.717) is 17.4 Å². The topological polar surface area (TPSA) is 18.5 Å². The molecule has 2 nitrogen and oxygen atoms in total. The molecule has 2 aromatic rings. The zero-order chi connectivity index (χ0) is 12.1. The van der Waals surface area contributed by atoms with Gasteiger partial charge in [0, 0.05) is 0 Å². The molecule has 0 N–H and O–H groups in total. The van der Waals surface area contributed by atoms with E-state index in [2.05, 4.69) is 0 Å². The normalized spacial score (nSPS) is 10.0. The highest BCUT2D eigenvalue weighted by Gasteiger charge is 2.01. The Morgan fingerprint density at radius 3 is 2.24 bits per heavy atom. The van der Waals surface area contributed by atoms with Crippen LogP contribution in [0.1, 0.15) is 6.92 Å². The fourth-order valence-corrected chi connectivity index (χ4v) is 1.60.